The van der Waals surface area contributed by atoms with Crippen LogP contribution in [0.3, 0.4) is 0 Å². The summed E-state index contributed by atoms with van der Waals surface area (Å²) in [6.07, 6.45) is 6.81. The molecule has 0 aromatic heterocycles. The standard InChI is InChI=1S/C23H29NO2S/c1-2-3-7-18-9-11-19(12-10-18)23(26)20-13-15-21(16-14-20)24-22(25)8-5-4-6-17-27/h9-16,27H,2-8,17H2,1H3,(H,24,25). The van der Waals surface area contributed by atoms with Crippen LogP contribution < -0.4 is 5.32 Å². The minimum Gasteiger partial charge on any atom is -0.326 e. The zero-order chi connectivity index (χ0) is 19.5. The van der Waals surface area contributed by atoms with Crippen LogP contribution in [0.25, 0.3) is 0 Å². The number of carbonyl (C=O) groups excluding carboxylic acids is 2. The van der Waals surface area contributed by atoms with Gasteiger partial charge in [-0.25, -0.2) is 0 Å². The van der Waals surface area contributed by atoms with Crippen molar-refractivity contribution in [1.82, 2.24) is 0 Å². The maximum Gasteiger partial charge on any atom is 0.224 e. The number of hydrogen-bond acceptors (Lipinski definition) is 3. The van der Waals surface area contributed by atoms with Gasteiger partial charge >= 0.3 is 0 Å². The van der Waals surface area contributed by atoms with Gasteiger partial charge in [-0.15, -0.1) is 0 Å². The van der Waals surface area contributed by atoms with E-state index in [1.807, 2.05) is 24.3 Å². The third-order valence-corrected chi connectivity index (χ3v) is 4.84. The van der Waals surface area contributed by atoms with Gasteiger partial charge in [0.1, 0.15) is 0 Å². The fraction of sp³-hybridized carbons (Fsp3) is 0.391. The molecule has 0 fully saturated rings. The summed E-state index contributed by atoms with van der Waals surface area (Å²) in [5, 5.41) is 2.88. The minimum atomic E-state index is 0.00155. The normalized spacial score (nSPS) is 10.6. The van der Waals surface area contributed by atoms with Gasteiger partial charge < -0.3 is 5.32 Å². The van der Waals surface area contributed by atoms with Crippen molar-refractivity contribution >= 4 is 30.0 Å². The van der Waals surface area contributed by atoms with E-state index in [1.165, 1.54) is 12.0 Å². The van der Waals surface area contributed by atoms with Crippen molar-refractivity contribution < 1.29 is 9.59 Å². The van der Waals surface area contributed by atoms with E-state index in [2.05, 4.69) is 24.9 Å². The molecule has 144 valence electrons. The summed E-state index contributed by atoms with van der Waals surface area (Å²) >= 11 is 4.17. The molecular formula is C23H29NO2S. The Bertz CT molecular complexity index is 723. The molecule has 1 N–H and O–H groups in total. The summed E-state index contributed by atoms with van der Waals surface area (Å²) in [7, 11) is 0. The van der Waals surface area contributed by atoms with Crippen molar-refractivity contribution in [2.75, 3.05) is 11.1 Å². The lowest BCUT2D eigenvalue weighted by molar-refractivity contribution is -0.116. The smallest absolute Gasteiger partial charge is 0.224 e. The zero-order valence-electron chi connectivity index (χ0n) is 16.0. The highest BCUT2D eigenvalue weighted by Crippen LogP contribution is 2.16. The van der Waals surface area contributed by atoms with Gasteiger partial charge in [0.05, 0.1) is 0 Å². The maximum absolute atomic E-state index is 12.6. The van der Waals surface area contributed by atoms with Gasteiger partial charge in [-0.1, -0.05) is 44.0 Å². The third-order valence-electron chi connectivity index (χ3n) is 4.53. The number of aryl methyl sites for hydroxylation is 1. The highest BCUT2D eigenvalue weighted by Gasteiger charge is 2.09. The Hall–Kier alpha value is -2.07. The van der Waals surface area contributed by atoms with Gasteiger partial charge in [-0.3, -0.25) is 9.59 Å². The average molecular weight is 384 g/mol. The Morgan fingerprint density at radius 3 is 2.07 bits per heavy atom. The molecule has 0 unspecified atom stereocenters. The number of unbranched alkanes of at least 4 members (excludes halogenated alkanes) is 3. The summed E-state index contributed by atoms with van der Waals surface area (Å²) in [4.78, 5) is 24.5. The number of nitrogens with one attached hydrogen (secondary N) is 1. The number of rotatable bonds is 11. The first-order valence-electron chi connectivity index (χ1n) is 9.78. The quantitative estimate of drug-likeness (QED) is 0.297. The number of amides is 1. The van der Waals surface area contributed by atoms with Crippen LogP contribution in [0.15, 0.2) is 48.5 Å². The molecule has 1 amide bonds. The molecule has 0 bridgehead atoms. The summed E-state index contributed by atoms with van der Waals surface area (Å²) in [5.74, 6) is 0.871. The third kappa shape index (κ3) is 7.22. The predicted octanol–water partition coefficient (Wildman–Crippen LogP) is 5.69. The molecule has 27 heavy (non-hydrogen) atoms. The van der Waals surface area contributed by atoms with E-state index in [-0.39, 0.29) is 11.7 Å². The number of thiol groups is 1. The average Bonchev–Trinajstić information content (AvgIpc) is 2.70. The van der Waals surface area contributed by atoms with E-state index in [9.17, 15) is 9.59 Å². The molecule has 0 heterocycles. The fourth-order valence-electron chi connectivity index (χ4n) is 2.87. The molecule has 0 saturated carbocycles. The van der Waals surface area contributed by atoms with Crippen LogP contribution in [0, 0.1) is 0 Å². The molecule has 0 spiro atoms. The van der Waals surface area contributed by atoms with Crippen LogP contribution in [0.2, 0.25) is 0 Å². The summed E-state index contributed by atoms with van der Waals surface area (Å²) in [6, 6.07) is 15.0. The second kappa shape index (κ2) is 11.6. The van der Waals surface area contributed by atoms with Crippen LogP contribution in [-0.2, 0) is 11.2 Å². The van der Waals surface area contributed by atoms with Crippen LogP contribution in [-0.4, -0.2) is 17.4 Å². The molecule has 0 aliphatic carbocycles. The molecule has 0 aliphatic heterocycles. The lowest BCUT2D eigenvalue weighted by Gasteiger charge is -2.07. The van der Waals surface area contributed by atoms with E-state index in [0.717, 1.165) is 43.5 Å². The second-order valence-electron chi connectivity index (χ2n) is 6.79. The Labute approximate surface area is 168 Å². The van der Waals surface area contributed by atoms with Crippen molar-refractivity contribution in [2.45, 2.75) is 51.9 Å². The van der Waals surface area contributed by atoms with Crippen LogP contribution in [0.4, 0.5) is 5.69 Å². The Morgan fingerprint density at radius 1 is 0.852 bits per heavy atom. The van der Waals surface area contributed by atoms with Gasteiger partial charge in [0.25, 0.3) is 0 Å². The van der Waals surface area contributed by atoms with Crippen LogP contribution in [0.1, 0.15) is 66.9 Å². The van der Waals surface area contributed by atoms with Gasteiger partial charge in [0, 0.05) is 23.2 Å². The maximum atomic E-state index is 12.6. The predicted molar refractivity (Wildman–Crippen MR) is 116 cm³/mol. The highest BCUT2D eigenvalue weighted by molar-refractivity contribution is 7.80. The van der Waals surface area contributed by atoms with Crippen molar-refractivity contribution in [3.63, 3.8) is 0 Å². The number of hydrogen-bond donors (Lipinski definition) is 2. The zero-order valence-corrected chi connectivity index (χ0v) is 16.9. The molecule has 2 rings (SSSR count). The first-order chi connectivity index (χ1) is 13.1. The van der Waals surface area contributed by atoms with Gasteiger partial charge in [0.15, 0.2) is 5.78 Å². The highest BCUT2D eigenvalue weighted by atomic mass is 32.1. The van der Waals surface area contributed by atoms with Crippen molar-refractivity contribution in [1.29, 1.82) is 0 Å². The summed E-state index contributed by atoms with van der Waals surface area (Å²) in [5.41, 5.74) is 3.31. The topological polar surface area (TPSA) is 46.2 Å². The van der Waals surface area contributed by atoms with E-state index in [1.54, 1.807) is 24.3 Å². The lowest BCUT2D eigenvalue weighted by Crippen LogP contribution is -2.11. The SMILES string of the molecule is CCCCc1ccc(C(=O)c2ccc(NC(=O)CCCCCS)cc2)cc1. The van der Waals surface area contributed by atoms with E-state index in [0.29, 0.717) is 17.5 Å². The Balaban J connectivity index is 1.90. The van der Waals surface area contributed by atoms with E-state index in [4.69, 9.17) is 0 Å². The minimum absolute atomic E-state index is 0.00155. The van der Waals surface area contributed by atoms with Crippen molar-refractivity contribution in [3.8, 4) is 0 Å². The monoisotopic (exact) mass is 383 g/mol. The van der Waals surface area contributed by atoms with Gasteiger partial charge in [0.2, 0.25) is 5.91 Å². The van der Waals surface area contributed by atoms with Crippen molar-refractivity contribution in [2.24, 2.45) is 0 Å². The first kappa shape index (κ1) is 21.2. The molecule has 0 atom stereocenters. The molecule has 0 radical (unpaired) electrons. The molecular weight excluding hydrogens is 354 g/mol. The summed E-state index contributed by atoms with van der Waals surface area (Å²) in [6.45, 7) is 2.17. The largest absolute Gasteiger partial charge is 0.326 e. The van der Waals surface area contributed by atoms with Gasteiger partial charge in [-0.2, -0.15) is 12.6 Å². The van der Waals surface area contributed by atoms with E-state index < -0.39 is 0 Å². The lowest BCUT2D eigenvalue weighted by atomic mass is 10.0. The number of anilines is 1. The molecule has 2 aromatic rings. The Kier molecular flexibility index (Phi) is 9.12. The number of ketones is 1. The van der Waals surface area contributed by atoms with Gasteiger partial charge in [-0.05, 0) is 61.3 Å². The molecule has 2 aromatic carbocycles. The number of benzene rings is 2. The molecule has 4 heteroatoms. The van der Waals surface area contributed by atoms with E-state index >= 15 is 0 Å². The fourth-order valence-corrected chi connectivity index (χ4v) is 3.10. The summed E-state index contributed by atoms with van der Waals surface area (Å²) < 4.78 is 0. The first-order valence-corrected chi connectivity index (χ1v) is 10.4. The van der Waals surface area contributed by atoms with Crippen LogP contribution in [0.5, 0.6) is 0 Å². The number of carbonyl (C=O) groups is 2. The Morgan fingerprint density at radius 2 is 1.48 bits per heavy atom. The van der Waals surface area contributed by atoms with Crippen molar-refractivity contribution in [3.05, 3.63) is 65.2 Å². The molecule has 0 saturated heterocycles. The van der Waals surface area contributed by atoms with Crippen LogP contribution >= 0.6 is 12.6 Å². The second-order valence-corrected chi connectivity index (χ2v) is 7.24. The molecule has 3 nitrogen and oxygen atoms in total. The molecule has 0 aliphatic rings.